The maximum atomic E-state index is 13.4. The van der Waals surface area contributed by atoms with Crippen molar-refractivity contribution in [1.29, 1.82) is 0 Å². The van der Waals surface area contributed by atoms with Gasteiger partial charge in [-0.3, -0.25) is 9.59 Å². The quantitative estimate of drug-likeness (QED) is 0.944. The summed E-state index contributed by atoms with van der Waals surface area (Å²) in [7, 11) is 0. The summed E-state index contributed by atoms with van der Waals surface area (Å²) in [5.41, 5.74) is 0.0956. The van der Waals surface area contributed by atoms with E-state index in [1.807, 2.05) is 13.8 Å². The van der Waals surface area contributed by atoms with Crippen LogP contribution in [0.2, 0.25) is 0 Å². The Morgan fingerprint density at radius 1 is 1.33 bits per heavy atom. The van der Waals surface area contributed by atoms with Crippen molar-refractivity contribution in [3.63, 3.8) is 0 Å². The molecule has 0 aliphatic heterocycles. The van der Waals surface area contributed by atoms with Crippen LogP contribution in [-0.2, 0) is 0 Å². The summed E-state index contributed by atoms with van der Waals surface area (Å²) in [5, 5.41) is 3.71. The monoisotopic (exact) mass is 288 g/mol. The highest BCUT2D eigenvalue weighted by atomic mass is 19.1. The van der Waals surface area contributed by atoms with Gasteiger partial charge in [-0.1, -0.05) is 0 Å². The summed E-state index contributed by atoms with van der Waals surface area (Å²) in [6, 6.07) is 5.71. The van der Waals surface area contributed by atoms with Crippen LogP contribution in [0.15, 0.2) is 29.1 Å². The van der Waals surface area contributed by atoms with Crippen LogP contribution >= 0.6 is 0 Å². The Kier molecular flexibility index (Phi) is 3.27. The van der Waals surface area contributed by atoms with Gasteiger partial charge in [0.05, 0.1) is 0 Å². The molecule has 21 heavy (non-hydrogen) atoms. The normalized spacial score (nSPS) is 14.7. The van der Waals surface area contributed by atoms with Gasteiger partial charge in [0, 0.05) is 17.5 Å². The zero-order valence-corrected chi connectivity index (χ0v) is 12.0. The third-order valence-electron chi connectivity index (χ3n) is 3.58. The lowest BCUT2D eigenvalue weighted by atomic mass is 10.1. The Bertz CT molecular complexity index is 776. The molecule has 1 saturated carbocycles. The van der Waals surface area contributed by atoms with E-state index in [-0.39, 0.29) is 23.6 Å². The van der Waals surface area contributed by atoms with E-state index in [1.54, 1.807) is 10.6 Å². The van der Waals surface area contributed by atoms with Crippen molar-refractivity contribution in [3.8, 4) is 0 Å². The van der Waals surface area contributed by atoms with Crippen molar-refractivity contribution in [1.82, 2.24) is 9.88 Å². The van der Waals surface area contributed by atoms with Crippen molar-refractivity contribution < 1.29 is 9.18 Å². The number of aromatic nitrogens is 1. The Balaban J connectivity index is 2.23. The third-order valence-corrected chi connectivity index (χ3v) is 3.58. The summed E-state index contributed by atoms with van der Waals surface area (Å²) in [5.74, 6) is -0.707. The second-order valence-corrected chi connectivity index (χ2v) is 5.80. The fourth-order valence-electron chi connectivity index (χ4n) is 2.51. The molecule has 1 fully saturated rings. The fraction of sp³-hybridized carbons (Fsp3) is 0.375. The lowest BCUT2D eigenvalue weighted by Crippen LogP contribution is -2.35. The molecule has 4 nitrogen and oxygen atoms in total. The van der Waals surface area contributed by atoms with Crippen LogP contribution in [-0.4, -0.2) is 16.5 Å². The third kappa shape index (κ3) is 2.55. The first-order valence-corrected chi connectivity index (χ1v) is 7.13. The number of nitrogens with one attached hydrogen (secondary N) is 1. The molecular formula is C16H17FN2O2. The van der Waals surface area contributed by atoms with Crippen molar-refractivity contribution in [2.75, 3.05) is 0 Å². The molecule has 1 N–H and O–H groups in total. The van der Waals surface area contributed by atoms with Gasteiger partial charge in [-0.05, 0) is 56.3 Å². The van der Waals surface area contributed by atoms with E-state index in [2.05, 4.69) is 5.32 Å². The molecule has 3 rings (SSSR count). The van der Waals surface area contributed by atoms with Gasteiger partial charge in [-0.15, -0.1) is 0 Å². The average molecular weight is 288 g/mol. The molecule has 2 aromatic rings. The molecule has 1 aliphatic rings. The average Bonchev–Trinajstić information content (AvgIpc) is 3.21. The summed E-state index contributed by atoms with van der Waals surface area (Å²) >= 11 is 0. The minimum Gasteiger partial charge on any atom is -0.349 e. The topological polar surface area (TPSA) is 51.1 Å². The number of benzene rings is 1. The van der Waals surface area contributed by atoms with Crippen LogP contribution < -0.4 is 10.9 Å². The van der Waals surface area contributed by atoms with E-state index in [0.29, 0.717) is 16.5 Å². The van der Waals surface area contributed by atoms with E-state index >= 15 is 0 Å². The number of hydrogen-bond donors (Lipinski definition) is 1. The van der Waals surface area contributed by atoms with E-state index in [4.69, 9.17) is 0 Å². The molecule has 1 aliphatic carbocycles. The number of nitrogens with zero attached hydrogens (tertiary/aromatic N) is 1. The number of carbonyl (C=O) groups is 1. The molecule has 5 heteroatoms. The molecular weight excluding hydrogens is 271 g/mol. The van der Waals surface area contributed by atoms with Crippen LogP contribution in [0.5, 0.6) is 0 Å². The van der Waals surface area contributed by atoms with E-state index in [1.165, 1.54) is 18.2 Å². The zero-order chi connectivity index (χ0) is 15.1. The number of carbonyl (C=O) groups excluding carboxylic acids is 1. The number of halogens is 1. The van der Waals surface area contributed by atoms with Crippen molar-refractivity contribution >= 4 is 16.7 Å². The SMILES string of the molecule is CC(C)NC(=O)c1cc2cc(F)ccc2c(=O)n1C1CC1. The maximum Gasteiger partial charge on any atom is 0.268 e. The van der Waals surface area contributed by atoms with Crippen LogP contribution in [0.3, 0.4) is 0 Å². The van der Waals surface area contributed by atoms with Crippen LogP contribution in [0, 0.1) is 5.82 Å². The highest BCUT2D eigenvalue weighted by Gasteiger charge is 2.29. The summed E-state index contributed by atoms with van der Waals surface area (Å²) in [6.45, 7) is 3.72. The predicted octanol–water partition coefficient (Wildman–Crippen LogP) is 2.61. The molecule has 0 radical (unpaired) electrons. The molecule has 1 heterocycles. The Labute approximate surface area is 121 Å². The van der Waals surface area contributed by atoms with Crippen molar-refractivity contribution in [3.05, 3.63) is 46.1 Å². The molecule has 1 aromatic carbocycles. The smallest absolute Gasteiger partial charge is 0.268 e. The minimum absolute atomic E-state index is 0.0246. The summed E-state index contributed by atoms with van der Waals surface area (Å²) in [4.78, 5) is 24.9. The van der Waals surface area contributed by atoms with Gasteiger partial charge >= 0.3 is 0 Å². The Morgan fingerprint density at radius 3 is 2.67 bits per heavy atom. The highest BCUT2D eigenvalue weighted by Crippen LogP contribution is 2.35. The van der Waals surface area contributed by atoms with Crippen LogP contribution in [0.1, 0.15) is 43.2 Å². The first-order valence-electron chi connectivity index (χ1n) is 7.13. The van der Waals surface area contributed by atoms with Crippen molar-refractivity contribution in [2.45, 2.75) is 38.8 Å². The van der Waals surface area contributed by atoms with Gasteiger partial charge in [0.15, 0.2) is 0 Å². The van der Waals surface area contributed by atoms with Crippen LogP contribution in [0.4, 0.5) is 4.39 Å². The Hall–Kier alpha value is -2.17. The van der Waals surface area contributed by atoms with Crippen LogP contribution in [0.25, 0.3) is 10.8 Å². The number of amides is 1. The second kappa shape index (κ2) is 4.98. The molecule has 0 saturated heterocycles. The summed E-state index contributed by atoms with van der Waals surface area (Å²) in [6.07, 6.45) is 1.79. The van der Waals surface area contributed by atoms with E-state index in [9.17, 15) is 14.0 Å². The molecule has 1 aromatic heterocycles. The number of pyridine rings is 1. The molecule has 0 atom stereocenters. The molecule has 110 valence electrons. The predicted molar refractivity (Wildman–Crippen MR) is 79.0 cm³/mol. The molecule has 0 unspecified atom stereocenters. The maximum absolute atomic E-state index is 13.4. The Morgan fingerprint density at radius 2 is 2.05 bits per heavy atom. The molecule has 1 amide bonds. The number of fused-ring (bicyclic) bond motifs is 1. The largest absolute Gasteiger partial charge is 0.349 e. The van der Waals surface area contributed by atoms with E-state index < -0.39 is 5.82 Å². The van der Waals surface area contributed by atoms with Gasteiger partial charge in [-0.25, -0.2) is 4.39 Å². The molecule has 0 bridgehead atoms. The van der Waals surface area contributed by atoms with Gasteiger partial charge in [0.25, 0.3) is 11.5 Å². The molecule has 0 spiro atoms. The number of hydrogen-bond acceptors (Lipinski definition) is 2. The minimum atomic E-state index is -0.415. The first kappa shape index (κ1) is 13.8. The lowest BCUT2D eigenvalue weighted by molar-refractivity contribution is 0.0932. The zero-order valence-electron chi connectivity index (χ0n) is 12.0. The lowest BCUT2D eigenvalue weighted by Gasteiger charge is -2.15. The second-order valence-electron chi connectivity index (χ2n) is 5.80. The summed E-state index contributed by atoms with van der Waals surface area (Å²) < 4.78 is 14.9. The first-order chi connectivity index (χ1) is 9.97. The van der Waals surface area contributed by atoms with Crippen molar-refractivity contribution in [2.24, 2.45) is 0 Å². The standard InChI is InChI=1S/C16H17FN2O2/c1-9(2)18-15(20)14-8-10-7-11(17)3-6-13(10)16(21)19(14)12-4-5-12/h3,6-9,12H,4-5H2,1-2H3,(H,18,20). The highest BCUT2D eigenvalue weighted by molar-refractivity contribution is 5.97. The van der Waals surface area contributed by atoms with Gasteiger partial charge in [-0.2, -0.15) is 0 Å². The van der Waals surface area contributed by atoms with Gasteiger partial charge < -0.3 is 9.88 Å². The van der Waals surface area contributed by atoms with Gasteiger partial charge in [0.1, 0.15) is 11.5 Å². The van der Waals surface area contributed by atoms with Gasteiger partial charge in [0.2, 0.25) is 0 Å². The van der Waals surface area contributed by atoms with E-state index in [0.717, 1.165) is 12.8 Å². The fourth-order valence-corrected chi connectivity index (χ4v) is 2.51. The number of rotatable bonds is 3.